The zero-order valence-electron chi connectivity index (χ0n) is 13.9. The summed E-state index contributed by atoms with van der Waals surface area (Å²) >= 11 is 5.90. The Morgan fingerprint density at radius 3 is 2.67 bits per heavy atom. The van der Waals surface area contributed by atoms with Gasteiger partial charge in [-0.25, -0.2) is 0 Å². The number of carbonyl (C=O) groups is 1. The third-order valence-electron chi connectivity index (χ3n) is 3.51. The molecule has 1 saturated heterocycles. The molecule has 1 heterocycles. The lowest BCUT2D eigenvalue weighted by Crippen LogP contribution is -2.28. The van der Waals surface area contributed by atoms with Crippen LogP contribution in [-0.2, 0) is 23.2 Å². The van der Waals surface area contributed by atoms with Gasteiger partial charge in [0.25, 0.3) is 5.91 Å². The van der Waals surface area contributed by atoms with Crippen molar-refractivity contribution in [3.05, 3.63) is 29.3 Å². The molecule has 0 unspecified atom stereocenters. The third-order valence-corrected chi connectivity index (χ3v) is 6.24. The first-order valence-electron chi connectivity index (χ1n) is 7.74. The molecule has 1 aliphatic rings. The number of rotatable bonds is 7. The molecule has 9 heteroatoms. The Kier molecular flexibility index (Phi) is 6.80. The van der Waals surface area contributed by atoms with Gasteiger partial charge in [0, 0.05) is 24.2 Å². The highest BCUT2D eigenvalue weighted by Crippen LogP contribution is 2.57. The second-order valence-corrected chi connectivity index (χ2v) is 7.86. The standard InChI is InChI=1S/C15H22ClN2O5P/c1-4-21-24(20,22-5-2)14-10-13(23-18(14)3)15(19)17-12-8-6-7-11(16)9-12/h6-9,13-14H,4-5,10H2,1-3H3,(H,17,19)/t13-,14+/m0/s1. The summed E-state index contributed by atoms with van der Waals surface area (Å²) < 4.78 is 23.6. The van der Waals surface area contributed by atoms with Crippen LogP contribution < -0.4 is 5.32 Å². The van der Waals surface area contributed by atoms with Gasteiger partial charge in [0.1, 0.15) is 5.78 Å². The average Bonchev–Trinajstić information content (AvgIpc) is 2.90. The lowest BCUT2D eigenvalue weighted by Gasteiger charge is -2.25. The molecule has 1 N–H and O–H groups in total. The van der Waals surface area contributed by atoms with E-state index in [0.29, 0.717) is 10.7 Å². The summed E-state index contributed by atoms with van der Waals surface area (Å²) in [4.78, 5) is 17.9. The fourth-order valence-electron chi connectivity index (χ4n) is 2.50. The molecule has 0 spiro atoms. The van der Waals surface area contributed by atoms with Crippen molar-refractivity contribution in [1.82, 2.24) is 5.06 Å². The summed E-state index contributed by atoms with van der Waals surface area (Å²) in [6, 6.07) is 6.82. The van der Waals surface area contributed by atoms with E-state index < -0.39 is 19.5 Å². The van der Waals surface area contributed by atoms with Gasteiger partial charge in [0.15, 0.2) is 6.10 Å². The smallest absolute Gasteiger partial charge is 0.324 e. The summed E-state index contributed by atoms with van der Waals surface area (Å²) in [6.07, 6.45) is -0.576. The molecule has 2 atom stereocenters. The van der Waals surface area contributed by atoms with Gasteiger partial charge in [-0.3, -0.25) is 14.2 Å². The first kappa shape index (κ1) is 19.4. The zero-order chi connectivity index (χ0) is 17.7. The lowest BCUT2D eigenvalue weighted by atomic mass is 10.2. The van der Waals surface area contributed by atoms with Crippen LogP contribution in [0.25, 0.3) is 0 Å². The fourth-order valence-corrected chi connectivity index (χ4v) is 4.73. The topological polar surface area (TPSA) is 77.1 Å². The van der Waals surface area contributed by atoms with E-state index in [2.05, 4.69) is 5.32 Å². The number of nitrogens with zero attached hydrogens (tertiary/aromatic N) is 1. The van der Waals surface area contributed by atoms with Crippen molar-refractivity contribution >= 4 is 30.8 Å². The van der Waals surface area contributed by atoms with E-state index in [0.717, 1.165) is 0 Å². The van der Waals surface area contributed by atoms with Crippen LogP contribution in [-0.4, -0.2) is 43.1 Å². The highest BCUT2D eigenvalue weighted by molar-refractivity contribution is 7.54. The van der Waals surface area contributed by atoms with Crippen LogP contribution in [0.2, 0.25) is 5.02 Å². The van der Waals surface area contributed by atoms with Crippen LogP contribution in [0.1, 0.15) is 20.3 Å². The Labute approximate surface area is 146 Å². The van der Waals surface area contributed by atoms with Gasteiger partial charge in [0.05, 0.1) is 13.2 Å². The predicted octanol–water partition coefficient (Wildman–Crippen LogP) is 3.51. The number of hydrogen-bond donors (Lipinski definition) is 1. The summed E-state index contributed by atoms with van der Waals surface area (Å²) in [5.41, 5.74) is 0.569. The minimum Gasteiger partial charge on any atom is -0.324 e. The summed E-state index contributed by atoms with van der Waals surface area (Å²) in [7, 11) is -1.78. The monoisotopic (exact) mass is 376 g/mol. The zero-order valence-corrected chi connectivity index (χ0v) is 15.5. The Balaban J connectivity index is 2.06. The first-order chi connectivity index (χ1) is 11.4. The van der Waals surface area contributed by atoms with Crippen LogP contribution in [0.3, 0.4) is 0 Å². The Morgan fingerprint density at radius 1 is 1.42 bits per heavy atom. The van der Waals surface area contributed by atoms with Crippen LogP contribution in [0, 0.1) is 0 Å². The Hall–Kier alpha value is -0.950. The Morgan fingerprint density at radius 2 is 2.08 bits per heavy atom. The molecule has 7 nitrogen and oxygen atoms in total. The van der Waals surface area contributed by atoms with E-state index in [9.17, 15) is 9.36 Å². The van der Waals surface area contributed by atoms with E-state index in [-0.39, 0.29) is 25.5 Å². The molecule has 0 aliphatic carbocycles. The second kappa shape index (κ2) is 8.43. The van der Waals surface area contributed by atoms with Crippen molar-refractivity contribution in [1.29, 1.82) is 0 Å². The number of amides is 1. The number of nitrogens with one attached hydrogen (secondary N) is 1. The molecule has 1 aromatic rings. The molecule has 1 aromatic carbocycles. The molecule has 0 bridgehead atoms. The molecular weight excluding hydrogens is 355 g/mol. The van der Waals surface area contributed by atoms with Gasteiger partial charge in [-0.15, -0.1) is 0 Å². The molecule has 1 aliphatic heterocycles. The minimum absolute atomic E-state index is 0.209. The van der Waals surface area contributed by atoms with Crippen LogP contribution in [0.5, 0.6) is 0 Å². The molecule has 0 radical (unpaired) electrons. The van der Waals surface area contributed by atoms with E-state index in [1.54, 1.807) is 45.2 Å². The lowest BCUT2D eigenvalue weighted by molar-refractivity contribution is -0.155. The van der Waals surface area contributed by atoms with E-state index in [4.69, 9.17) is 25.5 Å². The van der Waals surface area contributed by atoms with Crippen molar-refractivity contribution < 1.29 is 23.2 Å². The number of anilines is 1. The maximum absolute atomic E-state index is 12.9. The molecule has 2 rings (SSSR count). The van der Waals surface area contributed by atoms with E-state index in [1.807, 2.05) is 0 Å². The quantitative estimate of drug-likeness (QED) is 0.734. The number of halogens is 1. The second-order valence-electron chi connectivity index (χ2n) is 5.23. The normalized spacial score (nSPS) is 21.8. The minimum atomic E-state index is -3.39. The largest absolute Gasteiger partial charge is 0.350 e. The fraction of sp³-hybridized carbons (Fsp3) is 0.533. The van der Waals surface area contributed by atoms with Gasteiger partial charge in [0.2, 0.25) is 0 Å². The van der Waals surface area contributed by atoms with Gasteiger partial charge in [-0.1, -0.05) is 17.7 Å². The first-order valence-corrected chi connectivity index (χ1v) is 9.73. The number of hydrogen-bond acceptors (Lipinski definition) is 6. The number of benzene rings is 1. The summed E-state index contributed by atoms with van der Waals surface area (Å²) in [5.74, 6) is -0.973. The molecule has 1 fully saturated rings. The van der Waals surface area contributed by atoms with Crippen molar-refractivity contribution in [3.8, 4) is 0 Å². The van der Waals surface area contributed by atoms with Gasteiger partial charge < -0.3 is 14.4 Å². The molecule has 1 amide bonds. The highest BCUT2D eigenvalue weighted by atomic mass is 35.5. The highest BCUT2D eigenvalue weighted by Gasteiger charge is 2.48. The van der Waals surface area contributed by atoms with Crippen molar-refractivity contribution in [2.75, 3.05) is 25.6 Å². The molecule has 134 valence electrons. The van der Waals surface area contributed by atoms with E-state index >= 15 is 0 Å². The Bertz CT molecular complexity index is 620. The maximum atomic E-state index is 12.9. The molecule has 24 heavy (non-hydrogen) atoms. The van der Waals surface area contributed by atoms with Gasteiger partial charge >= 0.3 is 7.60 Å². The van der Waals surface area contributed by atoms with E-state index in [1.165, 1.54) is 5.06 Å². The van der Waals surface area contributed by atoms with Gasteiger partial charge in [-0.2, -0.15) is 5.06 Å². The third kappa shape index (κ3) is 4.57. The SMILES string of the molecule is CCOP(=O)(OCC)[C@@H]1C[C@@H](C(=O)Nc2cccc(Cl)c2)ON1C. The van der Waals surface area contributed by atoms with Crippen molar-refractivity contribution in [2.45, 2.75) is 32.2 Å². The predicted molar refractivity (Wildman–Crippen MR) is 92.0 cm³/mol. The van der Waals surface area contributed by atoms with Crippen molar-refractivity contribution in [3.63, 3.8) is 0 Å². The average molecular weight is 377 g/mol. The summed E-state index contributed by atoms with van der Waals surface area (Å²) in [5, 5.41) is 4.64. The van der Waals surface area contributed by atoms with Crippen molar-refractivity contribution in [2.24, 2.45) is 0 Å². The number of hydroxylamine groups is 2. The van der Waals surface area contributed by atoms with Gasteiger partial charge in [-0.05, 0) is 32.0 Å². The molecule has 0 saturated carbocycles. The summed E-state index contributed by atoms with van der Waals surface area (Å²) in [6.45, 7) is 3.98. The maximum Gasteiger partial charge on any atom is 0.350 e. The van der Waals surface area contributed by atoms with Crippen LogP contribution >= 0.6 is 19.2 Å². The molecular formula is C15H22ClN2O5P. The van der Waals surface area contributed by atoms with Crippen LogP contribution in [0.15, 0.2) is 24.3 Å². The number of carbonyl (C=O) groups excluding carboxylic acids is 1. The molecule has 0 aromatic heterocycles. The van der Waals surface area contributed by atoms with Crippen LogP contribution in [0.4, 0.5) is 5.69 Å².